The van der Waals surface area contributed by atoms with E-state index in [4.69, 9.17) is 0 Å². The van der Waals surface area contributed by atoms with Gasteiger partial charge in [-0.1, -0.05) is 58.4 Å². The molecular weight excluding hydrogens is 374 g/mol. The summed E-state index contributed by atoms with van der Waals surface area (Å²) in [6.45, 7) is 21.3. The topological polar surface area (TPSA) is 3.88 Å². The molecule has 31 heavy (non-hydrogen) atoms. The first-order valence-corrected chi connectivity index (χ1v) is 12.1. The van der Waals surface area contributed by atoms with Gasteiger partial charge in [-0.3, -0.25) is 0 Å². The average Bonchev–Trinajstić information content (AvgIpc) is 2.69. The Balaban J connectivity index is 2.16. The lowest BCUT2D eigenvalue weighted by molar-refractivity contribution is -0.742. The summed E-state index contributed by atoms with van der Waals surface area (Å²) in [6.07, 6.45) is 3.31. The number of hydrogen-bond donors (Lipinski definition) is 0. The Kier molecular flexibility index (Phi) is 5.11. The molecule has 164 valence electrons. The Bertz CT molecular complexity index is 1160. The molecule has 2 heterocycles. The van der Waals surface area contributed by atoms with Gasteiger partial charge in [0.05, 0.1) is 11.0 Å². The van der Waals surface area contributed by atoms with Gasteiger partial charge in [0.2, 0.25) is 11.2 Å². The maximum absolute atomic E-state index is 2.71. The fourth-order valence-corrected chi connectivity index (χ4v) is 6.34. The second-order valence-electron chi connectivity index (χ2n) is 11.5. The number of nitrogens with zero attached hydrogens (tertiary/aromatic N) is 1. The van der Waals surface area contributed by atoms with Crippen molar-refractivity contribution in [1.82, 2.24) is 0 Å². The smallest absolute Gasteiger partial charge is 0.185 e. The zero-order chi connectivity index (χ0) is 22.8. The molecule has 2 unspecified atom stereocenters. The van der Waals surface area contributed by atoms with E-state index in [1.54, 1.807) is 5.56 Å². The van der Waals surface area contributed by atoms with Crippen molar-refractivity contribution < 1.29 is 4.57 Å². The monoisotopic (exact) mass is 414 g/mol. The van der Waals surface area contributed by atoms with Crippen molar-refractivity contribution in [3.8, 4) is 11.3 Å². The molecule has 2 aromatic carbocycles. The summed E-state index contributed by atoms with van der Waals surface area (Å²) < 4.78 is 2.71. The summed E-state index contributed by atoms with van der Waals surface area (Å²) in [5, 5.41) is 1.41. The van der Waals surface area contributed by atoms with Crippen LogP contribution in [0.4, 0.5) is 0 Å². The predicted octanol–water partition coefficient (Wildman–Crippen LogP) is 7.81. The van der Waals surface area contributed by atoms with E-state index in [1.807, 2.05) is 0 Å². The first kappa shape index (κ1) is 22.1. The lowest BCUT2D eigenvalue weighted by Crippen LogP contribution is -2.68. The van der Waals surface area contributed by atoms with E-state index in [9.17, 15) is 0 Å². The van der Waals surface area contributed by atoms with E-state index < -0.39 is 0 Å². The highest BCUT2D eigenvalue weighted by molar-refractivity contribution is 5.82. The van der Waals surface area contributed by atoms with Crippen LogP contribution in [0.2, 0.25) is 0 Å². The first-order valence-electron chi connectivity index (χ1n) is 12.1. The van der Waals surface area contributed by atoms with Crippen LogP contribution in [0.3, 0.4) is 0 Å². The molecule has 0 spiro atoms. The van der Waals surface area contributed by atoms with E-state index in [-0.39, 0.29) is 16.4 Å². The maximum atomic E-state index is 2.71. The molecule has 1 aliphatic rings. The quantitative estimate of drug-likeness (QED) is 0.385. The number of pyridine rings is 1. The van der Waals surface area contributed by atoms with Crippen LogP contribution in [0.15, 0.2) is 42.5 Å². The van der Waals surface area contributed by atoms with Gasteiger partial charge in [-0.15, -0.1) is 0 Å². The van der Waals surface area contributed by atoms with Gasteiger partial charge in [-0.2, -0.15) is 4.57 Å². The zero-order valence-electron chi connectivity index (χ0n) is 21.1. The number of hydrogen-bond acceptors (Lipinski definition) is 0. The molecular formula is C30H40N+. The average molecular weight is 415 g/mol. The largest absolute Gasteiger partial charge is 0.213 e. The molecule has 0 N–H and O–H groups in total. The number of aryl methyl sites for hydroxylation is 2. The Hall–Kier alpha value is -2.15. The molecule has 1 aromatic heterocycles. The Morgan fingerprint density at radius 3 is 2.23 bits per heavy atom. The van der Waals surface area contributed by atoms with Crippen molar-refractivity contribution in [2.24, 2.45) is 5.41 Å². The van der Waals surface area contributed by atoms with Crippen molar-refractivity contribution >= 4 is 10.9 Å². The highest BCUT2D eigenvalue weighted by Crippen LogP contribution is 2.51. The molecule has 0 bridgehead atoms. The first-order chi connectivity index (χ1) is 14.5. The third-order valence-electron chi connectivity index (χ3n) is 8.17. The lowest BCUT2D eigenvalue weighted by Gasteiger charge is -2.47. The molecule has 1 heteroatoms. The van der Waals surface area contributed by atoms with E-state index in [1.165, 1.54) is 38.9 Å². The summed E-state index contributed by atoms with van der Waals surface area (Å²) in [4.78, 5) is 0. The zero-order valence-corrected chi connectivity index (χ0v) is 21.1. The Morgan fingerprint density at radius 1 is 0.903 bits per heavy atom. The van der Waals surface area contributed by atoms with Crippen LogP contribution in [0, 0.1) is 19.3 Å². The van der Waals surface area contributed by atoms with Crippen molar-refractivity contribution in [2.45, 2.75) is 92.5 Å². The highest BCUT2D eigenvalue weighted by atomic mass is 15.1. The van der Waals surface area contributed by atoms with Crippen LogP contribution in [0.1, 0.15) is 83.6 Å². The SMILES string of the molecule is CCC1(C)c2c(C)cc(C)cc2-c2ccc3c(CC(C)(C)C)cccc3[n+]2C1(C)CC. The van der Waals surface area contributed by atoms with Crippen LogP contribution >= 0.6 is 0 Å². The third kappa shape index (κ3) is 3.15. The number of benzene rings is 2. The van der Waals surface area contributed by atoms with Crippen LogP contribution in [0.25, 0.3) is 22.2 Å². The van der Waals surface area contributed by atoms with E-state index in [0.717, 1.165) is 19.3 Å². The molecule has 0 amide bonds. The normalized spacial score (nSPS) is 23.0. The minimum atomic E-state index is 0.00394. The van der Waals surface area contributed by atoms with E-state index >= 15 is 0 Å². The molecule has 1 aliphatic heterocycles. The predicted molar refractivity (Wildman–Crippen MR) is 134 cm³/mol. The van der Waals surface area contributed by atoms with E-state index in [2.05, 4.69) is 109 Å². The van der Waals surface area contributed by atoms with Crippen LogP contribution < -0.4 is 4.57 Å². The summed E-state index contributed by atoms with van der Waals surface area (Å²) in [5.74, 6) is 0. The summed E-state index contributed by atoms with van der Waals surface area (Å²) in [5.41, 5.74) is 10.3. The van der Waals surface area contributed by atoms with Gasteiger partial charge in [0.25, 0.3) is 0 Å². The summed E-state index contributed by atoms with van der Waals surface area (Å²) in [6, 6.07) is 16.5. The number of fused-ring (bicyclic) bond motifs is 5. The lowest BCUT2D eigenvalue weighted by atomic mass is 9.59. The molecule has 1 nitrogen and oxygen atoms in total. The summed E-state index contributed by atoms with van der Waals surface area (Å²) in [7, 11) is 0. The van der Waals surface area contributed by atoms with Gasteiger partial charge in [-0.25, -0.2) is 0 Å². The van der Waals surface area contributed by atoms with Gasteiger partial charge < -0.3 is 0 Å². The van der Waals surface area contributed by atoms with E-state index in [0.29, 0.717) is 0 Å². The second-order valence-corrected chi connectivity index (χ2v) is 11.5. The number of aromatic nitrogens is 1. The second kappa shape index (κ2) is 7.19. The molecule has 0 saturated carbocycles. The third-order valence-corrected chi connectivity index (χ3v) is 8.17. The standard InChI is InChI=1S/C30H40N/c1-10-29(8)27-21(4)17-20(3)18-24(27)26-16-15-23-22(19-28(5,6)7)13-12-14-25(23)31(26)30(29,9)11-2/h12-18H,10-11,19H2,1-9H3/q+1. The minimum Gasteiger partial charge on any atom is -0.185 e. The van der Waals surface area contributed by atoms with Crippen molar-refractivity contribution in [3.05, 3.63) is 64.7 Å². The molecule has 3 aromatic rings. The molecule has 0 saturated heterocycles. The van der Waals surface area contributed by atoms with Crippen molar-refractivity contribution in [1.29, 1.82) is 0 Å². The highest BCUT2D eigenvalue weighted by Gasteiger charge is 2.57. The van der Waals surface area contributed by atoms with Crippen LogP contribution in [-0.2, 0) is 17.4 Å². The fraction of sp³-hybridized carbons (Fsp3) is 0.500. The molecule has 2 atom stereocenters. The molecule has 0 radical (unpaired) electrons. The van der Waals surface area contributed by atoms with Gasteiger partial charge in [-0.05, 0) is 67.9 Å². The molecule has 4 rings (SSSR count). The Morgan fingerprint density at radius 2 is 1.61 bits per heavy atom. The van der Waals surface area contributed by atoms with Gasteiger partial charge >= 0.3 is 0 Å². The minimum absolute atomic E-state index is 0.00394. The molecule has 0 aliphatic carbocycles. The van der Waals surface area contributed by atoms with Gasteiger partial charge in [0.1, 0.15) is 0 Å². The van der Waals surface area contributed by atoms with Gasteiger partial charge in [0, 0.05) is 30.9 Å². The van der Waals surface area contributed by atoms with Gasteiger partial charge in [0.15, 0.2) is 5.54 Å². The fourth-order valence-electron chi connectivity index (χ4n) is 6.34. The molecule has 0 fully saturated rings. The van der Waals surface area contributed by atoms with Crippen LogP contribution in [-0.4, -0.2) is 0 Å². The van der Waals surface area contributed by atoms with Crippen LogP contribution in [0.5, 0.6) is 0 Å². The summed E-state index contributed by atoms with van der Waals surface area (Å²) >= 11 is 0. The van der Waals surface area contributed by atoms with Crippen molar-refractivity contribution in [2.75, 3.05) is 0 Å². The van der Waals surface area contributed by atoms with Crippen molar-refractivity contribution in [3.63, 3.8) is 0 Å². The maximum Gasteiger partial charge on any atom is 0.213 e. The Labute approximate surface area is 189 Å². The number of rotatable bonds is 3.